The molecule has 0 saturated carbocycles. The predicted octanol–water partition coefficient (Wildman–Crippen LogP) is 3.17. The first-order chi connectivity index (χ1) is 6.29. The molecule has 0 aromatic rings. The van der Waals surface area contributed by atoms with Crippen LogP contribution >= 0.6 is 0 Å². The molecule has 0 spiro atoms. The number of carbonyl (C=O) groups is 1. The third-order valence-electron chi connectivity index (χ3n) is 1.09. The Kier molecular flexibility index (Phi) is 253. The Morgan fingerprint density at radius 2 is 1.04 bits per heavy atom. The maximum atomic E-state index is 8.78. The minimum Gasteiger partial charge on any atom is -0.512 e. The number of hydrogen-bond acceptors (Lipinski definition) is 3. The summed E-state index contributed by atoms with van der Waals surface area (Å²) in [4.78, 5) is 17.5. The van der Waals surface area contributed by atoms with Crippen LogP contribution in [-0.2, 0) is 80.4 Å². The van der Waals surface area contributed by atoms with E-state index in [1.54, 1.807) is 6.92 Å². The zero-order chi connectivity index (χ0) is 12.3. The van der Waals surface area contributed by atoms with E-state index in [9.17, 15) is 0 Å². The first-order valence-corrected chi connectivity index (χ1v) is 4.16. The molecule has 0 unspecified atom stereocenters. The first kappa shape index (κ1) is 88.3. The summed E-state index contributed by atoms with van der Waals surface area (Å²) in [7, 11) is 0. The van der Waals surface area contributed by atoms with Gasteiger partial charge >= 0.3 is 11.9 Å². The van der Waals surface area contributed by atoms with Crippen molar-refractivity contribution in [1.82, 2.24) is 6.15 Å². The zero-order valence-corrected chi connectivity index (χ0v) is 24.5. The zero-order valence-electron chi connectivity index (χ0n) is 14.9. The number of ketones is 1. The predicted molar refractivity (Wildman–Crippen MR) is 87.2 cm³/mol. The van der Waals surface area contributed by atoms with Gasteiger partial charge in [0.1, 0.15) is 5.76 Å². The maximum absolute atomic E-state index is 8.78. The molecule has 1 amide bonds. The van der Waals surface area contributed by atoms with Gasteiger partial charge in [0, 0.05) is 96.3 Å². The van der Waals surface area contributed by atoms with Crippen LogP contribution in [0.4, 0.5) is 4.79 Å². The van der Waals surface area contributed by atoms with Gasteiger partial charge in [-0.3, -0.25) is 4.79 Å². The van der Waals surface area contributed by atoms with E-state index in [-0.39, 0.29) is 129 Å². The van der Waals surface area contributed by atoms with Crippen molar-refractivity contribution in [3.05, 3.63) is 33.6 Å². The van der Waals surface area contributed by atoms with Crippen molar-refractivity contribution < 1.29 is 100 Å². The van der Waals surface area contributed by atoms with Gasteiger partial charge in [-0.1, -0.05) is 13.8 Å². The second-order valence-electron chi connectivity index (χ2n) is 2.13. The number of aliphatic hydroxyl groups is 1. The van der Waals surface area contributed by atoms with Crippen molar-refractivity contribution in [3.63, 3.8) is 0 Å². The smallest absolute Gasteiger partial charge is 0.402 e. The minimum absolute atomic E-state index is 0. The molecule has 0 saturated heterocycles. The number of primary amides is 1. The van der Waals surface area contributed by atoms with Crippen molar-refractivity contribution in [2.75, 3.05) is 0 Å². The molecule has 153 valence electrons. The van der Waals surface area contributed by atoms with Crippen LogP contribution in [0.25, 0.3) is 0 Å². The van der Waals surface area contributed by atoms with E-state index in [2.05, 4.69) is 5.73 Å². The summed E-state index contributed by atoms with van der Waals surface area (Å²) in [6.07, 6.45) is -1.33. The largest absolute Gasteiger partial charge is 0.512 e. The third kappa shape index (κ3) is 126. The summed E-state index contributed by atoms with van der Waals surface area (Å²) in [5.41, 5.74) is 4.57. The quantitative estimate of drug-likeness (QED) is 0.106. The fraction of sp³-hybridized carbons (Fsp3) is 0.417. The summed E-state index contributed by atoms with van der Waals surface area (Å²) in [6.45, 7) is 8.73. The maximum Gasteiger partial charge on any atom is 0.402 e. The first-order valence-electron chi connectivity index (χ1n) is 4.16. The number of aliphatic hydroxyl groups excluding tert-OH is 1. The van der Waals surface area contributed by atoms with E-state index in [0.717, 1.165) is 0 Å². The summed E-state index contributed by atoms with van der Waals surface area (Å²) >= 11 is 0. The van der Waals surface area contributed by atoms with Crippen LogP contribution in [0, 0.1) is 22.3 Å². The van der Waals surface area contributed by atoms with Gasteiger partial charge < -0.3 is 37.0 Å². The SMILES string of the molecule is CC.CC(=[OH+])C(C)=C(C)O.N.NC(=O)O.[B].[CH3+].[CH3-].[CH3-].[Ir].[Ir].[Ir].[Ir]. The van der Waals surface area contributed by atoms with E-state index in [4.69, 9.17) is 19.8 Å². The third-order valence-corrected chi connectivity index (χ3v) is 1.09. The molecule has 0 rings (SSSR count). The van der Waals surface area contributed by atoms with Crippen LogP contribution in [0.15, 0.2) is 11.3 Å². The molecule has 8 N–H and O–H groups in total. The molecule has 0 heterocycles. The molecule has 0 aliphatic heterocycles. The topological polar surface area (TPSA) is 140 Å². The van der Waals surface area contributed by atoms with Gasteiger partial charge in [-0.25, -0.2) is 4.79 Å². The molecule has 0 aromatic carbocycles. The molecule has 23 heavy (non-hydrogen) atoms. The fourth-order valence-corrected chi connectivity index (χ4v) is 0.262. The van der Waals surface area contributed by atoms with Gasteiger partial charge in [-0.2, -0.15) is 0 Å². The summed E-state index contributed by atoms with van der Waals surface area (Å²) in [6, 6.07) is 0. The Morgan fingerprint density at radius 1 is 0.913 bits per heavy atom. The number of amides is 1. The molecular formula is C12H32BIr4N2O4. The number of hydrogen-bond donors (Lipinski definition) is 4. The van der Waals surface area contributed by atoms with Gasteiger partial charge in [0.15, 0.2) is 0 Å². The Bertz CT molecular complexity index is 227. The number of carboxylic acid groups (broad SMARTS) is 1. The molecule has 0 fully saturated rings. The molecule has 0 aliphatic carbocycles. The van der Waals surface area contributed by atoms with Crippen molar-refractivity contribution in [2.45, 2.75) is 34.6 Å². The van der Waals surface area contributed by atoms with Crippen molar-refractivity contribution >= 4 is 20.3 Å². The van der Waals surface area contributed by atoms with E-state index >= 15 is 0 Å². The minimum atomic E-state index is -1.33. The number of nitrogens with two attached hydrogens (primary N) is 1. The van der Waals surface area contributed by atoms with Crippen LogP contribution in [0.2, 0.25) is 0 Å². The van der Waals surface area contributed by atoms with Crippen LogP contribution in [0.1, 0.15) is 34.6 Å². The second kappa shape index (κ2) is 65.9. The molecule has 11 heteroatoms. The van der Waals surface area contributed by atoms with Crippen LogP contribution in [-0.4, -0.2) is 35.3 Å². The van der Waals surface area contributed by atoms with Gasteiger partial charge in [0.2, 0.25) is 0 Å². The van der Waals surface area contributed by atoms with Gasteiger partial charge in [0.05, 0.1) is 12.5 Å². The summed E-state index contributed by atoms with van der Waals surface area (Å²) in [5, 5.41) is 15.9. The van der Waals surface area contributed by atoms with E-state index < -0.39 is 6.09 Å². The van der Waals surface area contributed by atoms with Crippen LogP contribution in [0.5, 0.6) is 0 Å². The molecule has 0 atom stereocenters. The fourth-order valence-electron chi connectivity index (χ4n) is 0.262. The Hall–Kier alpha value is 0.972. The van der Waals surface area contributed by atoms with Crippen molar-refractivity contribution in [3.8, 4) is 0 Å². The number of rotatable bonds is 1. The van der Waals surface area contributed by atoms with E-state index in [1.807, 2.05) is 13.8 Å². The molecule has 6 nitrogen and oxygen atoms in total. The monoisotopic (exact) mass is 1050 g/mol. The molecule has 0 aromatic heterocycles. The molecule has 0 bridgehead atoms. The Labute approximate surface area is 199 Å². The Balaban J connectivity index is -0.00000000739. The van der Waals surface area contributed by atoms with E-state index in [1.165, 1.54) is 13.8 Å². The number of allylic oxidation sites excluding steroid dienone is 2. The van der Waals surface area contributed by atoms with Crippen LogP contribution < -0.4 is 11.9 Å². The second-order valence-corrected chi connectivity index (χ2v) is 2.13. The van der Waals surface area contributed by atoms with Gasteiger partial charge in [-0.15, -0.1) is 0 Å². The summed E-state index contributed by atoms with van der Waals surface area (Å²) < 4.78 is 0. The average molecular weight is 1050 g/mol. The van der Waals surface area contributed by atoms with E-state index in [0.29, 0.717) is 5.57 Å². The van der Waals surface area contributed by atoms with Gasteiger partial charge in [-0.05, 0) is 13.8 Å². The van der Waals surface area contributed by atoms with Gasteiger partial charge in [0.25, 0.3) is 0 Å². The number of carbonyl (C=O) groups excluding carboxylic acids is 1. The normalized spacial score (nSPS) is 5.78. The Morgan fingerprint density at radius 3 is 1.04 bits per heavy atom. The molecule has 7 radical (unpaired) electrons. The molecule has 0 aliphatic rings. The standard InChI is InChI=1S/C6H10O2.C2H6.CH3NO2.3CH3.B.4Ir.H3N/c1-4(5(2)7)6(3)8;1-2;2-1(3)4;;;;;;;;;/h7H,1-3H3;1-2H3;2H2,(H,3,4);3*1H3;;;;;;1H3/q;;;2*-1;+1;;;;;;/p+1. The molecular weight excluding hydrogens is 1020 g/mol. The average Bonchev–Trinajstić information content (AvgIpc) is 2.05. The van der Waals surface area contributed by atoms with Crippen molar-refractivity contribution in [2.24, 2.45) is 5.73 Å². The van der Waals surface area contributed by atoms with Crippen molar-refractivity contribution in [1.29, 1.82) is 0 Å². The summed E-state index contributed by atoms with van der Waals surface area (Å²) in [5.74, 6) is 0.343. The van der Waals surface area contributed by atoms with Crippen LogP contribution in [0.3, 0.4) is 0 Å².